The van der Waals surface area contributed by atoms with E-state index in [0.717, 1.165) is 18.4 Å². The van der Waals surface area contributed by atoms with Crippen LogP contribution in [0, 0.1) is 11.7 Å². The van der Waals surface area contributed by atoms with Crippen LogP contribution in [0.15, 0.2) is 53.6 Å². The van der Waals surface area contributed by atoms with Crippen molar-refractivity contribution >= 4 is 23.2 Å². The third-order valence-electron chi connectivity index (χ3n) is 3.94. The first-order valence-electron chi connectivity index (χ1n) is 8.05. The van der Waals surface area contributed by atoms with Crippen LogP contribution in [0.3, 0.4) is 0 Å². The van der Waals surface area contributed by atoms with Crippen LogP contribution < -0.4 is 10.7 Å². The number of hydrazone groups is 1. The molecule has 5 nitrogen and oxygen atoms in total. The van der Waals surface area contributed by atoms with Gasteiger partial charge in [-0.2, -0.15) is 5.10 Å². The third-order valence-corrected chi connectivity index (χ3v) is 3.94. The maximum Gasteiger partial charge on any atom is 0.274 e. The van der Waals surface area contributed by atoms with Gasteiger partial charge in [-0.25, -0.2) is 9.82 Å². The van der Waals surface area contributed by atoms with Gasteiger partial charge >= 0.3 is 0 Å². The van der Waals surface area contributed by atoms with Crippen molar-refractivity contribution in [2.24, 2.45) is 11.0 Å². The molecular weight excluding hydrogens is 321 g/mol. The first-order chi connectivity index (χ1) is 12.0. The van der Waals surface area contributed by atoms with E-state index in [2.05, 4.69) is 15.8 Å². The molecular formula is C19H18FN3O2. The quantitative estimate of drug-likeness (QED) is 0.648. The van der Waals surface area contributed by atoms with Crippen LogP contribution in [0.1, 0.15) is 35.7 Å². The fourth-order valence-electron chi connectivity index (χ4n) is 2.32. The minimum atomic E-state index is -0.615. The molecule has 3 rings (SSSR count). The highest BCUT2D eigenvalue weighted by molar-refractivity contribution is 6.02. The highest BCUT2D eigenvalue weighted by Gasteiger charge is 2.29. The van der Waals surface area contributed by atoms with Gasteiger partial charge in [0.2, 0.25) is 5.91 Å². The van der Waals surface area contributed by atoms with Crippen molar-refractivity contribution in [3.05, 3.63) is 65.5 Å². The molecule has 0 heterocycles. The van der Waals surface area contributed by atoms with Gasteiger partial charge in [0.15, 0.2) is 0 Å². The summed E-state index contributed by atoms with van der Waals surface area (Å²) in [6.45, 7) is 1.73. The van der Waals surface area contributed by atoms with E-state index in [1.165, 1.54) is 18.2 Å². The monoisotopic (exact) mass is 339 g/mol. The molecule has 1 saturated carbocycles. The molecule has 0 spiro atoms. The number of rotatable bonds is 5. The SMILES string of the molecule is C/C(=N\NC(=O)c1ccccc1F)c1cccc(NC(=O)C2CC2)c1. The molecule has 1 fully saturated rings. The number of carbonyl (C=O) groups is 2. The summed E-state index contributed by atoms with van der Waals surface area (Å²) < 4.78 is 13.6. The Morgan fingerprint density at radius 1 is 1.12 bits per heavy atom. The lowest BCUT2D eigenvalue weighted by atomic mass is 10.1. The molecule has 0 aliphatic heterocycles. The van der Waals surface area contributed by atoms with Crippen molar-refractivity contribution < 1.29 is 14.0 Å². The van der Waals surface area contributed by atoms with Crippen LogP contribution >= 0.6 is 0 Å². The van der Waals surface area contributed by atoms with Crippen molar-refractivity contribution in [1.29, 1.82) is 0 Å². The first-order valence-corrected chi connectivity index (χ1v) is 8.05. The van der Waals surface area contributed by atoms with E-state index in [0.29, 0.717) is 11.4 Å². The lowest BCUT2D eigenvalue weighted by Gasteiger charge is -2.07. The summed E-state index contributed by atoms with van der Waals surface area (Å²) in [7, 11) is 0. The van der Waals surface area contributed by atoms with Gasteiger partial charge in [-0.3, -0.25) is 9.59 Å². The van der Waals surface area contributed by atoms with Gasteiger partial charge in [0.25, 0.3) is 5.91 Å². The molecule has 0 atom stereocenters. The van der Waals surface area contributed by atoms with E-state index in [-0.39, 0.29) is 17.4 Å². The molecule has 2 N–H and O–H groups in total. The Balaban J connectivity index is 1.68. The zero-order valence-corrected chi connectivity index (χ0v) is 13.8. The van der Waals surface area contributed by atoms with E-state index in [1.807, 2.05) is 6.07 Å². The maximum atomic E-state index is 13.6. The number of hydrogen-bond donors (Lipinski definition) is 2. The summed E-state index contributed by atoms with van der Waals surface area (Å²) in [4.78, 5) is 23.8. The summed E-state index contributed by atoms with van der Waals surface area (Å²) in [5.74, 6) is -1.06. The molecule has 2 aromatic carbocycles. The molecule has 1 aliphatic carbocycles. The fourth-order valence-corrected chi connectivity index (χ4v) is 2.32. The Hall–Kier alpha value is -3.02. The summed E-state index contributed by atoms with van der Waals surface area (Å²) in [6, 6.07) is 12.9. The van der Waals surface area contributed by atoms with Gasteiger partial charge in [0.05, 0.1) is 11.3 Å². The number of nitrogens with zero attached hydrogens (tertiary/aromatic N) is 1. The zero-order valence-electron chi connectivity index (χ0n) is 13.8. The van der Waals surface area contributed by atoms with Crippen LogP contribution in [-0.2, 0) is 4.79 Å². The van der Waals surface area contributed by atoms with Crippen LogP contribution in [0.25, 0.3) is 0 Å². The second kappa shape index (κ2) is 7.25. The lowest BCUT2D eigenvalue weighted by molar-refractivity contribution is -0.117. The highest BCUT2D eigenvalue weighted by Crippen LogP contribution is 2.30. The van der Waals surface area contributed by atoms with E-state index in [4.69, 9.17) is 0 Å². The van der Waals surface area contributed by atoms with Crippen LogP contribution in [-0.4, -0.2) is 17.5 Å². The van der Waals surface area contributed by atoms with Crippen molar-refractivity contribution in [2.75, 3.05) is 5.32 Å². The number of benzene rings is 2. The van der Waals surface area contributed by atoms with Crippen LogP contribution in [0.2, 0.25) is 0 Å². The van der Waals surface area contributed by atoms with E-state index < -0.39 is 11.7 Å². The van der Waals surface area contributed by atoms with Crippen LogP contribution in [0.4, 0.5) is 10.1 Å². The number of nitrogens with one attached hydrogen (secondary N) is 2. The van der Waals surface area contributed by atoms with Gasteiger partial charge in [-0.1, -0.05) is 24.3 Å². The smallest absolute Gasteiger partial charge is 0.274 e. The van der Waals surface area contributed by atoms with Crippen molar-refractivity contribution in [2.45, 2.75) is 19.8 Å². The Morgan fingerprint density at radius 2 is 1.88 bits per heavy atom. The molecule has 1 aliphatic rings. The summed E-state index contributed by atoms with van der Waals surface area (Å²) >= 11 is 0. The Labute approximate surface area is 144 Å². The molecule has 6 heteroatoms. The molecule has 0 radical (unpaired) electrons. The molecule has 0 saturated heterocycles. The minimum Gasteiger partial charge on any atom is -0.326 e. The average Bonchev–Trinajstić information content (AvgIpc) is 3.45. The van der Waals surface area contributed by atoms with Gasteiger partial charge in [0.1, 0.15) is 5.82 Å². The second-order valence-corrected chi connectivity index (χ2v) is 5.96. The highest BCUT2D eigenvalue weighted by atomic mass is 19.1. The predicted molar refractivity (Wildman–Crippen MR) is 93.9 cm³/mol. The summed E-state index contributed by atoms with van der Waals surface area (Å²) in [5, 5.41) is 6.88. The fraction of sp³-hybridized carbons (Fsp3) is 0.211. The number of anilines is 1. The second-order valence-electron chi connectivity index (χ2n) is 5.96. The van der Waals surface area contributed by atoms with E-state index in [9.17, 15) is 14.0 Å². The molecule has 128 valence electrons. The first kappa shape index (κ1) is 16.8. The topological polar surface area (TPSA) is 70.6 Å². The number of halogens is 1. The average molecular weight is 339 g/mol. The Bertz CT molecular complexity index is 844. The Kier molecular flexibility index (Phi) is 4.88. The van der Waals surface area contributed by atoms with Crippen molar-refractivity contribution in [3.8, 4) is 0 Å². The molecule has 2 amide bonds. The van der Waals surface area contributed by atoms with Gasteiger partial charge in [-0.05, 0) is 49.6 Å². The number of hydrogen-bond acceptors (Lipinski definition) is 3. The lowest BCUT2D eigenvalue weighted by Crippen LogP contribution is -2.20. The molecule has 2 aromatic rings. The zero-order chi connectivity index (χ0) is 17.8. The van der Waals surface area contributed by atoms with E-state index in [1.54, 1.807) is 31.2 Å². The molecule has 0 aromatic heterocycles. The van der Waals surface area contributed by atoms with E-state index >= 15 is 0 Å². The number of carbonyl (C=O) groups excluding carboxylic acids is 2. The largest absolute Gasteiger partial charge is 0.326 e. The molecule has 25 heavy (non-hydrogen) atoms. The maximum absolute atomic E-state index is 13.6. The summed E-state index contributed by atoms with van der Waals surface area (Å²) in [6.07, 6.45) is 1.88. The summed E-state index contributed by atoms with van der Waals surface area (Å²) in [5.41, 5.74) is 4.27. The van der Waals surface area contributed by atoms with Crippen molar-refractivity contribution in [1.82, 2.24) is 5.43 Å². The van der Waals surface area contributed by atoms with Crippen molar-refractivity contribution in [3.63, 3.8) is 0 Å². The minimum absolute atomic E-state index is 0.0274. The third kappa shape index (κ3) is 4.29. The number of amides is 2. The Morgan fingerprint density at radius 3 is 2.60 bits per heavy atom. The van der Waals surface area contributed by atoms with Crippen LogP contribution in [0.5, 0.6) is 0 Å². The van der Waals surface area contributed by atoms with Gasteiger partial charge in [-0.15, -0.1) is 0 Å². The van der Waals surface area contributed by atoms with Gasteiger partial charge < -0.3 is 5.32 Å². The normalized spacial score (nSPS) is 14.1. The molecule has 0 bridgehead atoms. The predicted octanol–water partition coefficient (Wildman–Crippen LogP) is 3.33. The van der Waals surface area contributed by atoms with Gasteiger partial charge in [0, 0.05) is 11.6 Å². The standard InChI is InChI=1S/C19H18FN3O2/c1-12(22-23-19(25)16-7-2-3-8-17(16)20)14-5-4-6-15(11-14)21-18(24)13-9-10-13/h2-8,11,13H,9-10H2,1H3,(H,21,24)(H,23,25)/b22-12+. The molecule has 0 unspecified atom stereocenters.